The van der Waals surface area contributed by atoms with Crippen molar-refractivity contribution in [2.45, 2.75) is 38.5 Å². The van der Waals surface area contributed by atoms with Crippen LogP contribution in [0, 0.1) is 5.92 Å². The highest BCUT2D eigenvalue weighted by atomic mass is 16.5. The number of nitrogens with zero attached hydrogens (tertiary/aromatic N) is 2. The van der Waals surface area contributed by atoms with Crippen molar-refractivity contribution in [1.82, 2.24) is 14.9 Å². The number of carbonyl (C=O) groups excluding carboxylic acids is 1. The summed E-state index contributed by atoms with van der Waals surface area (Å²) >= 11 is 0. The van der Waals surface area contributed by atoms with Crippen molar-refractivity contribution in [2.75, 3.05) is 13.7 Å². The lowest BCUT2D eigenvalue weighted by molar-refractivity contribution is -0.125. The Morgan fingerprint density at radius 1 is 1.35 bits per heavy atom. The van der Waals surface area contributed by atoms with Gasteiger partial charge in [0.25, 0.3) is 0 Å². The van der Waals surface area contributed by atoms with Crippen LogP contribution in [0.15, 0.2) is 18.2 Å². The molecule has 2 aromatic rings. The van der Waals surface area contributed by atoms with Crippen molar-refractivity contribution >= 4 is 16.9 Å². The standard InChI is InChI=1S/C18H25N3O2/c1-21-16-9-8-14(23-2)12-15(16)20-17(21)10-11-19-18(22)13-6-4-3-5-7-13/h8-9,12-13H,3-7,10-11H2,1-2H3,(H,19,22). The topological polar surface area (TPSA) is 56.1 Å². The molecule has 5 heteroatoms. The first-order chi connectivity index (χ1) is 11.2. The monoisotopic (exact) mass is 315 g/mol. The number of amides is 1. The number of nitrogens with one attached hydrogen (secondary N) is 1. The zero-order valence-corrected chi connectivity index (χ0v) is 14.0. The number of fused-ring (bicyclic) bond motifs is 1. The third-order valence-electron chi connectivity index (χ3n) is 4.80. The maximum absolute atomic E-state index is 12.2. The maximum atomic E-state index is 12.2. The molecule has 1 fully saturated rings. The summed E-state index contributed by atoms with van der Waals surface area (Å²) in [5.74, 6) is 2.23. The number of hydrogen-bond acceptors (Lipinski definition) is 3. The van der Waals surface area contributed by atoms with Crippen molar-refractivity contribution in [3.8, 4) is 5.75 Å². The molecule has 3 rings (SSSR count). The molecule has 0 aliphatic heterocycles. The number of aromatic nitrogens is 2. The van der Waals surface area contributed by atoms with E-state index in [-0.39, 0.29) is 11.8 Å². The Morgan fingerprint density at radius 3 is 2.87 bits per heavy atom. The largest absolute Gasteiger partial charge is 0.497 e. The zero-order valence-electron chi connectivity index (χ0n) is 14.0. The van der Waals surface area contributed by atoms with Gasteiger partial charge in [-0.1, -0.05) is 19.3 Å². The van der Waals surface area contributed by atoms with Crippen molar-refractivity contribution in [1.29, 1.82) is 0 Å². The molecule has 1 aliphatic carbocycles. The Balaban J connectivity index is 1.60. The second kappa shape index (κ2) is 7.02. The van der Waals surface area contributed by atoms with Crippen LogP contribution >= 0.6 is 0 Å². The third-order valence-corrected chi connectivity index (χ3v) is 4.80. The van der Waals surface area contributed by atoms with Crippen LogP contribution in [-0.4, -0.2) is 29.1 Å². The van der Waals surface area contributed by atoms with Crippen LogP contribution in [0.4, 0.5) is 0 Å². The Hall–Kier alpha value is -2.04. The Labute approximate surface area is 137 Å². The first-order valence-corrected chi connectivity index (χ1v) is 8.46. The lowest BCUT2D eigenvalue weighted by atomic mass is 9.89. The van der Waals surface area contributed by atoms with Crippen LogP contribution in [-0.2, 0) is 18.3 Å². The SMILES string of the molecule is COc1ccc2c(c1)nc(CCNC(=O)C1CCCCC1)n2C. The van der Waals surface area contributed by atoms with Crippen LogP contribution in [0.2, 0.25) is 0 Å². The molecule has 124 valence electrons. The van der Waals surface area contributed by atoms with Crippen molar-refractivity contribution in [3.05, 3.63) is 24.0 Å². The highest BCUT2D eigenvalue weighted by Gasteiger charge is 2.20. The van der Waals surface area contributed by atoms with Gasteiger partial charge in [0.15, 0.2) is 0 Å². The van der Waals surface area contributed by atoms with Gasteiger partial charge in [-0.25, -0.2) is 4.98 Å². The Morgan fingerprint density at radius 2 is 2.13 bits per heavy atom. The number of hydrogen-bond donors (Lipinski definition) is 1. The zero-order chi connectivity index (χ0) is 16.2. The summed E-state index contributed by atoms with van der Waals surface area (Å²) in [6, 6.07) is 5.91. The van der Waals surface area contributed by atoms with Gasteiger partial charge in [0.1, 0.15) is 11.6 Å². The fourth-order valence-corrected chi connectivity index (χ4v) is 3.39. The first kappa shape index (κ1) is 15.8. The first-order valence-electron chi connectivity index (χ1n) is 8.46. The molecule has 0 saturated heterocycles. The van der Waals surface area contributed by atoms with E-state index >= 15 is 0 Å². The molecule has 0 spiro atoms. The van der Waals surface area contributed by atoms with Gasteiger partial charge in [-0.15, -0.1) is 0 Å². The summed E-state index contributed by atoms with van der Waals surface area (Å²) in [7, 11) is 3.67. The lowest BCUT2D eigenvalue weighted by Gasteiger charge is -2.20. The molecule has 1 amide bonds. The molecule has 1 aliphatic rings. The number of ether oxygens (including phenoxy) is 1. The molecule has 0 atom stereocenters. The summed E-state index contributed by atoms with van der Waals surface area (Å²) in [5, 5.41) is 3.08. The van der Waals surface area contributed by atoms with Gasteiger partial charge >= 0.3 is 0 Å². The minimum absolute atomic E-state index is 0.213. The van der Waals surface area contributed by atoms with Crippen molar-refractivity contribution < 1.29 is 9.53 Å². The number of rotatable bonds is 5. The molecular weight excluding hydrogens is 290 g/mol. The van der Waals surface area contributed by atoms with Gasteiger partial charge in [0.2, 0.25) is 5.91 Å². The molecule has 5 nitrogen and oxygen atoms in total. The van der Waals surface area contributed by atoms with E-state index in [0.29, 0.717) is 6.54 Å². The molecule has 1 saturated carbocycles. The van der Waals surface area contributed by atoms with E-state index in [1.165, 1.54) is 19.3 Å². The van der Waals surface area contributed by atoms with Crippen LogP contribution in [0.5, 0.6) is 5.75 Å². The fraction of sp³-hybridized carbons (Fsp3) is 0.556. The van der Waals surface area contributed by atoms with Crippen LogP contribution < -0.4 is 10.1 Å². The van der Waals surface area contributed by atoms with Crippen LogP contribution in [0.3, 0.4) is 0 Å². The van der Waals surface area contributed by atoms with Crippen LogP contribution in [0.1, 0.15) is 37.9 Å². The average Bonchev–Trinajstić information content (AvgIpc) is 2.91. The molecule has 1 aromatic heterocycles. The number of methoxy groups -OCH3 is 1. The molecule has 0 radical (unpaired) electrons. The van der Waals surface area contributed by atoms with Gasteiger partial charge in [0.05, 0.1) is 18.1 Å². The summed E-state index contributed by atoms with van der Waals surface area (Å²) in [6.45, 7) is 0.642. The molecular formula is C18H25N3O2. The summed E-state index contributed by atoms with van der Waals surface area (Å²) < 4.78 is 7.33. The Kier molecular flexibility index (Phi) is 4.84. The number of carbonyl (C=O) groups is 1. The van der Waals surface area contributed by atoms with E-state index in [4.69, 9.17) is 4.74 Å². The number of imidazole rings is 1. The summed E-state index contributed by atoms with van der Waals surface area (Å²) in [5.41, 5.74) is 2.01. The molecule has 0 bridgehead atoms. The molecule has 1 N–H and O–H groups in total. The van der Waals surface area contributed by atoms with E-state index in [2.05, 4.69) is 14.9 Å². The normalized spacial score (nSPS) is 15.7. The van der Waals surface area contributed by atoms with E-state index < -0.39 is 0 Å². The van der Waals surface area contributed by atoms with Gasteiger partial charge in [-0.3, -0.25) is 4.79 Å². The van der Waals surface area contributed by atoms with E-state index in [1.807, 2.05) is 25.2 Å². The summed E-state index contributed by atoms with van der Waals surface area (Å²) in [6.07, 6.45) is 6.46. The van der Waals surface area contributed by atoms with Gasteiger partial charge in [-0.05, 0) is 25.0 Å². The second-order valence-corrected chi connectivity index (χ2v) is 6.32. The molecule has 1 aromatic carbocycles. The fourth-order valence-electron chi connectivity index (χ4n) is 3.39. The molecule has 23 heavy (non-hydrogen) atoms. The minimum atomic E-state index is 0.213. The predicted octanol–water partition coefficient (Wildman–Crippen LogP) is 2.82. The number of aryl methyl sites for hydroxylation is 1. The number of benzene rings is 1. The summed E-state index contributed by atoms with van der Waals surface area (Å²) in [4.78, 5) is 16.8. The highest BCUT2D eigenvalue weighted by Crippen LogP contribution is 2.24. The van der Waals surface area contributed by atoms with Gasteiger partial charge < -0.3 is 14.6 Å². The highest BCUT2D eigenvalue weighted by molar-refractivity contribution is 5.79. The van der Waals surface area contributed by atoms with Gasteiger partial charge in [-0.2, -0.15) is 0 Å². The van der Waals surface area contributed by atoms with Crippen molar-refractivity contribution in [2.24, 2.45) is 13.0 Å². The predicted molar refractivity (Wildman–Crippen MR) is 90.6 cm³/mol. The van der Waals surface area contributed by atoms with E-state index in [0.717, 1.165) is 41.9 Å². The van der Waals surface area contributed by atoms with Crippen molar-refractivity contribution in [3.63, 3.8) is 0 Å². The van der Waals surface area contributed by atoms with Gasteiger partial charge in [0, 0.05) is 32.0 Å². The van der Waals surface area contributed by atoms with Crippen LogP contribution in [0.25, 0.3) is 11.0 Å². The van der Waals surface area contributed by atoms with E-state index in [9.17, 15) is 4.79 Å². The second-order valence-electron chi connectivity index (χ2n) is 6.32. The van der Waals surface area contributed by atoms with E-state index in [1.54, 1.807) is 7.11 Å². The lowest BCUT2D eigenvalue weighted by Crippen LogP contribution is -2.33. The quantitative estimate of drug-likeness (QED) is 0.923. The minimum Gasteiger partial charge on any atom is -0.497 e. The Bertz CT molecular complexity index is 687. The maximum Gasteiger partial charge on any atom is 0.223 e. The molecule has 0 unspecified atom stereocenters. The third kappa shape index (κ3) is 3.49. The molecule has 1 heterocycles. The smallest absolute Gasteiger partial charge is 0.223 e. The average molecular weight is 315 g/mol.